The molecule has 0 aliphatic carbocycles. The molecule has 5 rings (SSSR count). The number of fused-ring (bicyclic) bond motifs is 2. The molecule has 44 heavy (non-hydrogen) atoms. The Labute approximate surface area is 258 Å². The molecule has 2 heterocycles. The summed E-state index contributed by atoms with van der Waals surface area (Å²) in [6.07, 6.45) is -0.0179. The third-order valence-corrected chi connectivity index (χ3v) is 10.3. The van der Waals surface area contributed by atoms with Crippen LogP contribution in [-0.4, -0.2) is 85.3 Å². The van der Waals surface area contributed by atoms with Crippen molar-refractivity contribution in [1.29, 1.82) is 0 Å². The highest BCUT2D eigenvalue weighted by Gasteiger charge is 2.32. The number of carbonyl (C=O) groups excluding carboxylic acids is 2. The Morgan fingerprint density at radius 3 is 2.52 bits per heavy atom. The summed E-state index contributed by atoms with van der Waals surface area (Å²) in [6, 6.07) is 16.9. The number of likely N-dealkylation sites (N-methyl/N-ethyl adjacent to an activating group) is 2. The van der Waals surface area contributed by atoms with E-state index in [1.54, 1.807) is 30.9 Å². The second kappa shape index (κ2) is 12.4. The molecule has 0 saturated carbocycles. The molecule has 0 radical (unpaired) electrons. The van der Waals surface area contributed by atoms with E-state index in [0.29, 0.717) is 18.8 Å². The number of nitrogens with zero attached hydrogens (tertiary/aromatic N) is 6. The first kappa shape index (κ1) is 31.1. The number of ether oxygens (including phenoxy) is 1. The second-order valence-corrected chi connectivity index (χ2v) is 13.4. The van der Waals surface area contributed by atoms with E-state index in [4.69, 9.17) is 4.74 Å². The number of aromatic nitrogens is 3. The minimum Gasteiger partial charge on any atom is -0.456 e. The Bertz CT molecular complexity index is 1830. The van der Waals surface area contributed by atoms with Gasteiger partial charge < -0.3 is 14.5 Å². The SMILES string of the molecule is Cc1ccc(C(CC(=O)OCC(=O)N(C)C)c2ccc3c(nnn3C)c2C)cc1CN1CCN(C)c2ccccc2S1(=O)=O. The summed E-state index contributed by atoms with van der Waals surface area (Å²) >= 11 is 0. The molecule has 0 saturated heterocycles. The zero-order valence-electron chi connectivity index (χ0n) is 25.9. The van der Waals surface area contributed by atoms with Gasteiger partial charge in [0.1, 0.15) is 10.4 Å². The van der Waals surface area contributed by atoms with Crippen LogP contribution in [0.25, 0.3) is 11.0 Å². The summed E-state index contributed by atoms with van der Waals surface area (Å²) in [4.78, 5) is 28.8. The van der Waals surface area contributed by atoms with Crippen LogP contribution in [0.5, 0.6) is 0 Å². The van der Waals surface area contributed by atoms with Gasteiger partial charge in [-0.15, -0.1) is 5.10 Å². The van der Waals surface area contributed by atoms with Crippen LogP contribution in [0.3, 0.4) is 0 Å². The molecule has 1 aromatic heterocycles. The number of para-hydroxylation sites is 1. The fourth-order valence-electron chi connectivity index (χ4n) is 5.60. The molecule has 0 bridgehead atoms. The number of carbonyl (C=O) groups is 2. The average molecular weight is 619 g/mol. The van der Waals surface area contributed by atoms with Crippen molar-refractivity contribution in [3.05, 3.63) is 82.4 Å². The number of anilines is 1. The fourth-order valence-corrected chi connectivity index (χ4v) is 7.24. The van der Waals surface area contributed by atoms with E-state index in [2.05, 4.69) is 10.3 Å². The molecular formula is C32H38N6O5S. The fraction of sp³-hybridized carbons (Fsp3) is 0.375. The predicted molar refractivity (Wildman–Crippen MR) is 168 cm³/mol. The monoisotopic (exact) mass is 618 g/mol. The average Bonchev–Trinajstić information content (AvgIpc) is 3.35. The minimum atomic E-state index is -3.76. The van der Waals surface area contributed by atoms with Gasteiger partial charge >= 0.3 is 5.97 Å². The lowest BCUT2D eigenvalue weighted by Gasteiger charge is -2.24. The summed E-state index contributed by atoms with van der Waals surface area (Å²) in [5.41, 5.74) is 6.65. The smallest absolute Gasteiger partial charge is 0.307 e. The standard InChI is InChI=1S/C32H38N6O5S/c1-21-11-12-23(17-24(21)19-38-16-15-36(5)27-9-7-8-10-29(27)44(38,41)42)26(18-31(40)43-20-30(39)35(3)4)25-13-14-28-32(22(25)2)33-34-37(28)6/h7-14,17,26H,15-16,18-20H2,1-6H3. The van der Waals surface area contributed by atoms with Gasteiger partial charge in [-0.25, -0.2) is 13.1 Å². The maximum Gasteiger partial charge on any atom is 0.307 e. The molecule has 1 aliphatic heterocycles. The highest BCUT2D eigenvalue weighted by atomic mass is 32.2. The van der Waals surface area contributed by atoms with Crippen molar-refractivity contribution < 1.29 is 22.7 Å². The Morgan fingerprint density at radius 2 is 1.77 bits per heavy atom. The number of sulfonamides is 1. The van der Waals surface area contributed by atoms with E-state index in [-0.39, 0.29) is 30.4 Å². The largest absolute Gasteiger partial charge is 0.456 e. The highest BCUT2D eigenvalue weighted by Crippen LogP contribution is 2.36. The van der Waals surface area contributed by atoms with Gasteiger partial charge in [0.25, 0.3) is 5.91 Å². The third-order valence-electron chi connectivity index (χ3n) is 8.38. The number of hydrogen-bond acceptors (Lipinski definition) is 8. The van der Waals surface area contributed by atoms with Gasteiger partial charge in [-0.1, -0.05) is 41.6 Å². The second-order valence-electron chi connectivity index (χ2n) is 11.5. The van der Waals surface area contributed by atoms with Crippen molar-refractivity contribution in [3.63, 3.8) is 0 Å². The van der Waals surface area contributed by atoms with Crippen LogP contribution in [-0.2, 0) is 37.9 Å². The third kappa shape index (κ3) is 6.04. The zero-order valence-corrected chi connectivity index (χ0v) is 26.8. The first-order valence-corrected chi connectivity index (χ1v) is 15.9. The molecule has 1 atom stereocenters. The molecule has 1 aliphatic rings. The van der Waals surface area contributed by atoms with Crippen LogP contribution in [0.15, 0.2) is 59.5 Å². The molecule has 1 amide bonds. The molecule has 0 fully saturated rings. The van der Waals surface area contributed by atoms with Gasteiger partial charge in [-0.3, -0.25) is 9.59 Å². The van der Waals surface area contributed by atoms with E-state index in [9.17, 15) is 18.0 Å². The van der Waals surface area contributed by atoms with Crippen LogP contribution in [0.4, 0.5) is 5.69 Å². The van der Waals surface area contributed by atoms with Crippen LogP contribution < -0.4 is 4.90 Å². The molecule has 12 heteroatoms. The quantitative estimate of drug-likeness (QED) is 0.276. The Morgan fingerprint density at radius 1 is 1.02 bits per heavy atom. The van der Waals surface area contributed by atoms with Crippen molar-refractivity contribution in [2.75, 3.05) is 45.7 Å². The summed E-state index contributed by atoms with van der Waals surface area (Å²) in [6.45, 7) is 4.62. The van der Waals surface area contributed by atoms with Gasteiger partial charge in [0.05, 0.1) is 17.6 Å². The van der Waals surface area contributed by atoms with E-state index in [1.165, 1.54) is 9.21 Å². The van der Waals surface area contributed by atoms with Crippen molar-refractivity contribution in [2.45, 2.75) is 37.6 Å². The van der Waals surface area contributed by atoms with E-state index < -0.39 is 21.9 Å². The molecule has 0 N–H and O–H groups in total. The van der Waals surface area contributed by atoms with Gasteiger partial charge in [0.2, 0.25) is 10.0 Å². The highest BCUT2D eigenvalue weighted by molar-refractivity contribution is 7.89. The first-order valence-electron chi connectivity index (χ1n) is 14.4. The number of esters is 1. The molecule has 3 aromatic carbocycles. The van der Waals surface area contributed by atoms with Gasteiger partial charge in [0.15, 0.2) is 6.61 Å². The lowest BCUT2D eigenvalue weighted by atomic mass is 9.84. The first-order chi connectivity index (χ1) is 20.9. The van der Waals surface area contributed by atoms with Crippen LogP contribution >= 0.6 is 0 Å². The maximum absolute atomic E-state index is 13.8. The lowest BCUT2D eigenvalue weighted by Crippen LogP contribution is -2.33. The van der Waals surface area contributed by atoms with Crippen LogP contribution in [0.1, 0.15) is 40.2 Å². The van der Waals surface area contributed by atoms with Crippen molar-refractivity contribution in [1.82, 2.24) is 24.2 Å². The number of hydrogen-bond donors (Lipinski definition) is 0. The number of rotatable bonds is 8. The molecule has 4 aromatic rings. The van der Waals surface area contributed by atoms with Gasteiger partial charge in [-0.2, -0.15) is 4.31 Å². The Hall–Kier alpha value is -4.29. The molecular weight excluding hydrogens is 580 g/mol. The van der Waals surface area contributed by atoms with E-state index in [0.717, 1.165) is 38.9 Å². The summed E-state index contributed by atoms with van der Waals surface area (Å²) in [5, 5.41) is 8.50. The molecule has 1 unspecified atom stereocenters. The van der Waals surface area contributed by atoms with E-state index >= 15 is 0 Å². The van der Waals surface area contributed by atoms with Crippen molar-refractivity contribution in [2.24, 2.45) is 7.05 Å². The maximum atomic E-state index is 13.8. The topological polar surface area (TPSA) is 118 Å². The molecule has 0 spiro atoms. The van der Waals surface area contributed by atoms with Crippen molar-refractivity contribution in [3.8, 4) is 0 Å². The molecule has 11 nitrogen and oxygen atoms in total. The number of benzene rings is 3. The molecule has 232 valence electrons. The lowest BCUT2D eigenvalue weighted by molar-refractivity contribution is -0.151. The Balaban J connectivity index is 1.52. The van der Waals surface area contributed by atoms with Gasteiger partial charge in [0, 0.05) is 53.7 Å². The van der Waals surface area contributed by atoms with Crippen molar-refractivity contribution >= 4 is 38.6 Å². The van der Waals surface area contributed by atoms with E-state index in [1.807, 2.05) is 75.3 Å². The summed E-state index contributed by atoms with van der Waals surface area (Å²) < 4.78 is 36.2. The van der Waals surface area contributed by atoms with Gasteiger partial charge in [-0.05, 0) is 59.9 Å². The van der Waals surface area contributed by atoms with Crippen LogP contribution in [0, 0.1) is 13.8 Å². The number of aryl methyl sites for hydroxylation is 3. The number of amides is 1. The predicted octanol–water partition coefficient (Wildman–Crippen LogP) is 3.38. The zero-order chi connectivity index (χ0) is 31.8. The summed E-state index contributed by atoms with van der Waals surface area (Å²) in [5.74, 6) is -1.26. The Kier molecular flexibility index (Phi) is 8.76. The van der Waals surface area contributed by atoms with Crippen LogP contribution in [0.2, 0.25) is 0 Å². The minimum absolute atomic E-state index is 0.0179. The normalized spacial score (nSPS) is 15.5. The summed E-state index contributed by atoms with van der Waals surface area (Å²) in [7, 11) is 3.17.